The summed E-state index contributed by atoms with van der Waals surface area (Å²) in [5.74, 6) is -0.375. The summed E-state index contributed by atoms with van der Waals surface area (Å²) in [6.07, 6.45) is 1.27. The Balaban J connectivity index is 0.00000139. The Kier molecular flexibility index (Phi) is 7.54. The van der Waals surface area contributed by atoms with Gasteiger partial charge in [0, 0.05) is 23.3 Å². The molecule has 0 bridgehead atoms. The second-order valence-electron chi connectivity index (χ2n) is 4.29. The monoisotopic (exact) mass is 352 g/mol. The summed E-state index contributed by atoms with van der Waals surface area (Å²) in [7, 11) is 2.39. The van der Waals surface area contributed by atoms with Gasteiger partial charge in [0.15, 0.2) is 11.5 Å². The Morgan fingerprint density at radius 3 is 2.50 bits per heavy atom. The summed E-state index contributed by atoms with van der Waals surface area (Å²) in [6, 6.07) is 8.64. The fourth-order valence-corrected chi connectivity index (χ4v) is 1.85. The van der Waals surface area contributed by atoms with Crippen LogP contribution in [0.25, 0.3) is 0 Å². The SMILES string of the molecule is CO.COc1cc(C(=O)N/N=C/c2cc(Cl)ccc2O)ccc1O. The lowest BCUT2D eigenvalue weighted by atomic mass is 10.2. The lowest BCUT2D eigenvalue weighted by molar-refractivity contribution is 0.0954. The number of phenols is 2. The van der Waals surface area contributed by atoms with Crippen molar-refractivity contribution in [2.45, 2.75) is 0 Å². The van der Waals surface area contributed by atoms with Crippen molar-refractivity contribution in [2.75, 3.05) is 14.2 Å². The molecule has 0 atom stereocenters. The number of carbonyl (C=O) groups excluding carboxylic acids is 1. The molecule has 0 aromatic heterocycles. The average Bonchev–Trinajstić information content (AvgIpc) is 2.60. The van der Waals surface area contributed by atoms with E-state index < -0.39 is 5.91 Å². The van der Waals surface area contributed by atoms with Crippen molar-refractivity contribution in [2.24, 2.45) is 5.10 Å². The van der Waals surface area contributed by atoms with Crippen LogP contribution in [0.15, 0.2) is 41.5 Å². The van der Waals surface area contributed by atoms with Crippen molar-refractivity contribution in [3.8, 4) is 17.2 Å². The molecule has 0 aliphatic rings. The number of amides is 1. The van der Waals surface area contributed by atoms with E-state index in [1.165, 1.54) is 49.7 Å². The first-order valence-corrected chi connectivity index (χ1v) is 7.02. The third-order valence-electron chi connectivity index (χ3n) is 2.80. The number of aromatic hydroxyl groups is 2. The quantitative estimate of drug-likeness (QED) is 0.497. The van der Waals surface area contributed by atoms with Crippen molar-refractivity contribution < 1.29 is 24.9 Å². The van der Waals surface area contributed by atoms with E-state index in [2.05, 4.69) is 10.5 Å². The number of ether oxygens (including phenoxy) is 1. The lowest BCUT2D eigenvalue weighted by Crippen LogP contribution is -2.17. The maximum Gasteiger partial charge on any atom is 0.271 e. The van der Waals surface area contributed by atoms with Gasteiger partial charge < -0.3 is 20.1 Å². The molecular formula is C16H17ClN2O5. The molecule has 24 heavy (non-hydrogen) atoms. The smallest absolute Gasteiger partial charge is 0.271 e. The van der Waals surface area contributed by atoms with Gasteiger partial charge in [-0.15, -0.1) is 0 Å². The van der Waals surface area contributed by atoms with E-state index in [-0.39, 0.29) is 22.8 Å². The summed E-state index contributed by atoms with van der Waals surface area (Å²) in [5, 5.41) is 30.3. The van der Waals surface area contributed by atoms with Crippen molar-refractivity contribution in [1.29, 1.82) is 0 Å². The van der Waals surface area contributed by atoms with E-state index >= 15 is 0 Å². The minimum Gasteiger partial charge on any atom is -0.507 e. The highest BCUT2D eigenvalue weighted by Gasteiger charge is 2.09. The Hall–Kier alpha value is -2.77. The van der Waals surface area contributed by atoms with Crippen LogP contribution in [-0.2, 0) is 0 Å². The molecule has 0 radical (unpaired) electrons. The third-order valence-corrected chi connectivity index (χ3v) is 3.04. The van der Waals surface area contributed by atoms with E-state index in [9.17, 15) is 15.0 Å². The van der Waals surface area contributed by atoms with Gasteiger partial charge >= 0.3 is 0 Å². The van der Waals surface area contributed by atoms with Crippen molar-refractivity contribution in [3.05, 3.63) is 52.5 Å². The summed E-state index contributed by atoms with van der Waals surface area (Å²) >= 11 is 5.80. The second kappa shape index (κ2) is 9.39. The number of rotatable bonds is 4. The number of nitrogens with zero attached hydrogens (tertiary/aromatic N) is 1. The number of carbonyl (C=O) groups is 1. The summed E-state index contributed by atoms with van der Waals surface area (Å²) in [6.45, 7) is 0. The minimum atomic E-state index is -0.490. The number of hydrazone groups is 1. The fraction of sp³-hybridized carbons (Fsp3) is 0.125. The van der Waals surface area contributed by atoms with Gasteiger partial charge in [-0.1, -0.05) is 11.6 Å². The van der Waals surface area contributed by atoms with Gasteiger partial charge in [0.1, 0.15) is 5.75 Å². The predicted octanol–water partition coefficient (Wildman–Crippen LogP) is 2.13. The van der Waals surface area contributed by atoms with E-state index in [1.807, 2.05) is 0 Å². The molecule has 0 saturated carbocycles. The number of aliphatic hydroxyl groups excluding tert-OH is 1. The zero-order chi connectivity index (χ0) is 18.1. The van der Waals surface area contributed by atoms with Crippen LogP contribution in [-0.4, -0.2) is 41.7 Å². The Labute approximate surface area is 143 Å². The highest BCUT2D eigenvalue weighted by molar-refractivity contribution is 6.30. The molecule has 1 amide bonds. The molecule has 8 heteroatoms. The number of halogens is 1. The molecule has 0 aliphatic heterocycles. The highest BCUT2D eigenvalue weighted by atomic mass is 35.5. The maximum absolute atomic E-state index is 11.9. The third kappa shape index (κ3) is 5.15. The normalized spacial score (nSPS) is 10.0. The predicted molar refractivity (Wildman–Crippen MR) is 91.0 cm³/mol. The van der Waals surface area contributed by atoms with Crippen LogP contribution in [0.5, 0.6) is 17.2 Å². The van der Waals surface area contributed by atoms with E-state index in [1.54, 1.807) is 0 Å². The molecule has 2 rings (SSSR count). The molecule has 2 aromatic carbocycles. The van der Waals surface area contributed by atoms with Crippen molar-refractivity contribution in [3.63, 3.8) is 0 Å². The molecule has 0 spiro atoms. The largest absolute Gasteiger partial charge is 0.507 e. The highest BCUT2D eigenvalue weighted by Crippen LogP contribution is 2.26. The molecular weight excluding hydrogens is 336 g/mol. The zero-order valence-corrected chi connectivity index (χ0v) is 13.8. The van der Waals surface area contributed by atoms with Gasteiger partial charge in [-0.05, 0) is 36.4 Å². The number of nitrogens with one attached hydrogen (secondary N) is 1. The molecule has 0 fully saturated rings. The first kappa shape index (κ1) is 19.3. The first-order chi connectivity index (χ1) is 11.5. The van der Waals surface area contributed by atoms with Crippen LogP contribution in [0.4, 0.5) is 0 Å². The van der Waals surface area contributed by atoms with Gasteiger partial charge in [0.2, 0.25) is 0 Å². The lowest BCUT2D eigenvalue weighted by Gasteiger charge is -2.05. The standard InChI is InChI=1S/C15H13ClN2O4.CH4O/c1-22-14-7-9(2-4-13(14)20)15(21)18-17-8-10-6-11(16)3-5-12(10)19;1-2/h2-8,19-20H,1H3,(H,18,21);2H,1H3/b17-8+;. The van der Waals surface area contributed by atoms with Gasteiger partial charge in [-0.25, -0.2) is 5.43 Å². The molecule has 0 aliphatic carbocycles. The topological polar surface area (TPSA) is 111 Å². The van der Waals surface area contributed by atoms with E-state index in [0.29, 0.717) is 10.6 Å². The minimum absolute atomic E-state index is 0.00583. The van der Waals surface area contributed by atoms with Crippen LogP contribution in [0.2, 0.25) is 5.02 Å². The van der Waals surface area contributed by atoms with Gasteiger partial charge in [0.25, 0.3) is 5.91 Å². The van der Waals surface area contributed by atoms with Crippen molar-refractivity contribution >= 4 is 23.7 Å². The molecule has 128 valence electrons. The van der Waals surface area contributed by atoms with Crippen LogP contribution in [0.3, 0.4) is 0 Å². The second-order valence-corrected chi connectivity index (χ2v) is 4.73. The Morgan fingerprint density at radius 1 is 1.17 bits per heavy atom. The number of hydrogen-bond acceptors (Lipinski definition) is 6. The molecule has 0 heterocycles. The number of phenolic OH excluding ortho intramolecular Hbond substituents is 2. The van der Waals surface area contributed by atoms with Crippen LogP contribution in [0.1, 0.15) is 15.9 Å². The molecule has 0 saturated heterocycles. The number of aliphatic hydroxyl groups is 1. The van der Waals surface area contributed by atoms with Crippen LogP contribution < -0.4 is 10.2 Å². The summed E-state index contributed by atoms with van der Waals surface area (Å²) in [4.78, 5) is 11.9. The number of hydrogen-bond donors (Lipinski definition) is 4. The Bertz CT molecular complexity index is 734. The molecule has 2 aromatic rings. The van der Waals surface area contributed by atoms with Gasteiger partial charge in [-0.2, -0.15) is 5.10 Å². The Morgan fingerprint density at radius 2 is 1.83 bits per heavy atom. The average molecular weight is 353 g/mol. The molecule has 7 nitrogen and oxygen atoms in total. The number of benzene rings is 2. The molecule has 4 N–H and O–H groups in total. The summed E-state index contributed by atoms with van der Waals surface area (Å²) in [5.41, 5.74) is 2.94. The van der Waals surface area contributed by atoms with Gasteiger partial charge in [0.05, 0.1) is 13.3 Å². The van der Waals surface area contributed by atoms with Crippen LogP contribution >= 0.6 is 11.6 Å². The number of methoxy groups -OCH3 is 1. The molecule has 0 unspecified atom stereocenters. The van der Waals surface area contributed by atoms with E-state index in [4.69, 9.17) is 21.4 Å². The van der Waals surface area contributed by atoms with Crippen LogP contribution in [0, 0.1) is 0 Å². The maximum atomic E-state index is 11.9. The fourth-order valence-electron chi connectivity index (χ4n) is 1.67. The first-order valence-electron chi connectivity index (χ1n) is 6.65. The summed E-state index contributed by atoms with van der Waals surface area (Å²) < 4.78 is 4.92. The van der Waals surface area contributed by atoms with Gasteiger partial charge in [-0.3, -0.25) is 4.79 Å². The zero-order valence-electron chi connectivity index (χ0n) is 13.0. The van der Waals surface area contributed by atoms with E-state index in [0.717, 1.165) is 7.11 Å². The van der Waals surface area contributed by atoms with Crippen molar-refractivity contribution in [1.82, 2.24) is 5.43 Å².